The predicted octanol–water partition coefficient (Wildman–Crippen LogP) is 0.871. The largest absolute Gasteiger partial charge is 0.469 e. The zero-order chi connectivity index (χ0) is 12.7. The molecule has 1 heterocycles. The Hall–Kier alpha value is -1.10. The molecule has 0 amide bonds. The van der Waals surface area contributed by atoms with Crippen molar-refractivity contribution in [1.82, 2.24) is 5.32 Å². The maximum Gasteiger partial charge on any atom is 0.309 e. The SMILES string of the molecule is CCOC(=O)CC[C@H]1CC[C@H](C(=O)OC)CN1. The van der Waals surface area contributed by atoms with Crippen LogP contribution in [0, 0.1) is 5.92 Å². The van der Waals surface area contributed by atoms with Crippen LogP contribution in [0.25, 0.3) is 0 Å². The molecule has 0 spiro atoms. The molecule has 98 valence electrons. The van der Waals surface area contributed by atoms with Crippen molar-refractivity contribution in [3.05, 3.63) is 0 Å². The van der Waals surface area contributed by atoms with Gasteiger partial charge in [-0.2, -0.15) is 0 Å². The Balaban J connectivity index is 2.19. The summed E-state index contributed by atoms with van der Waals surface area (Å²) in [5.74, 6) is -0.343. The molecule has 0 radical (unpaired) electrons. The van der Waals surface area contributed by atoms with Crippen LogP contribution in [0.15, 0.2) is 0 Å². The zero-order valence-electron chi connectivity index (χ0n) is 10.5. The van der Waals surface area contributed by atoms with Gasteiger partial charge in [0.2, 0.25) is 0 Å². The summed E-state index contributed by atoms with van der Waals surface area (Å²) in [6.07, 6.45) is 2.94. The minimum Gasteiger partial charge on any atom is -0.469 e. The lowest BCUT2D eigenvalue weighted by Gasteiger charge is -2.28. The van der Waals surface area contributed by atoms with Crippen molar-refractivity contribution in [2.75, 3.05) is 20.3 Å². The fourth-order valence-corrected chi connectivity index (χ4v) is 2.05. The molecule has 1 aliphatic rings. The molecule has 5 nitrogen and oxygen atoms in total. The molecule has 2 atom stereocenters. The Kier molecular flexibility index (Phi) is 5.97. The number of ether oxygens (including phenoxy) is 2. The van der Waals surface area contributed by atoms with Gasteiger partial charge in [-0.05, 0) is 26.2 Å². The molecule has 0 aromatic rings. The van der Waals surface area contributed by atoms with E-state index >= 15 is 0 Å². The van der Waals surface area contributed by atoms with Crippen LogP contribution in [0.4, 0.5) is 0 Å². The van der Waals surface area contributed by atoms with E-state index in [1.165, 1.54) is 7.11 Å². The van der Waals surface area contributed by atoms with Crippen LogP contribution < -0.4 is 5.32 Å². The third-order valence-corrected chi connectivity index (χ3v) is 3.05. The second-order valence-electron chi connectivity index (χ2n) is 4.25. The van der Waals surface area contributed by atoms with Crippen LogP contribution >= 0.6 is 0 Å². The second-order valence-corrected chi connectivity index (χ2v) is 4.25. The smallest absolute Gasteiger partial charge is 0.309 e. The number of nitrogens with one attached hydrogen (secondary N) is 1. The van der Waals surface area contributed by atoms with E-state index in [1.807, 2.05) is 0 Å². The van der Waals surface area contributed by atoms with Gasteiger partial charge in [0.1, 0.15) is 0 Å². The van der Waals surface area contributed by atoms with Gasteiger partial charge >= 0.3 is 11.9 Å². The fraction of sp³-hybridized carbons (Fsp3) is 0.833. The van der Waals surface area contributed by atoms with Gasteiger partial charge in [0, 0.05) is 19.0 Å². The molecule has 0 unspecified atom stereocenters. The predicted molar refractivity (Wildman–Crippen MR) is 62.4 cm³/mol. The molecular weight excluding hydrogens is 222 g/mol. The van der Waals surface area contributed by atoms with Crippen LogP contribution in [0.3, 0.4) is 0 Å². The fourth-order valence-electron chi connectivity index (χ4n) is 2.05. The monoisotopic (exact) mass is 243 g/mol. The molecule has 0 bridgehead atoms. The van der Waals surface area contributed by atoms with Crippen molar-refractivity contribution in [3.8, 4) is 0 Å². The molecule has 5 heteroatoms. The number of esters is 2. The van der Waals surface area contributed by atoms with E-state index in [-0.39, 0.29) is 17.9 Å². The molecule has 0 aromatic heterocycles. The van der Waals surface area contributed by atoms with Crippen LogP contribution in [-0.2, 0) is 19.1 Å². The van der Waals surface area contributed by atoms with Crippen molar-refractivity contribution in [2.45, 2.75) is 38.6 Å². The third-order valence-electron chi connectivity index (χ3n) is 3.05. The minimum atomic E-state index is -0.152. The van der Waals surface area contributed by atoms with E-state index in [4.69, 9.17) is 9.47 Å². The van der Waals surface area contributed by atoms with Crippen molar-refractivity contribution in [2.24, 2.45) is 5.92 Å². The quantitative estimate of drug-likeness (QED) is 0.726. The standard InChI is InChI=1S/C12H21NO4/c1-3-17-11(14)7-6-10-5-4-9(8-13-10)12(15)16-2/h9-10,13H,3-8H2,1-2H3/t9-,10+/m0/s1. The van der Waals surface area contributed by atoms with Crippen molar-refractivity contribution < 1.29 is 19.1 Å². The highest BCUT2D eigenvalue weighted by atomic mass is 16.5. The van der Waals surface area contributed by atoms with E-state index in [9.17, 15) is 9.59 Å². The Labute approximate surface area is 102 Å². The topological polar surface area (TPSA) is 64.6 Å². The summed E-state index contributed by atoms with van der Waals surface area (Å²) in [4.78, 5) is 22.5. The number of piperidine rings is 1. The average molecular weight is 243 g/mol. The summed E-state index contributed by atoms with van der Waals surface area (Å²) in [6.45, 7) is 2.87. The van der Waals surface area contributed by atoms with Crippen molar-refractivity contribution >= 4 is 11.9 Å². The molecular formula is C12H21NO4. The summed E-state index contributed by atoms with van der Waals surface area (Å²) in [5, 5.41) is 3.27. The number of rotatable bonds is 5. The van der Waals surface area contributed by atoms with Crippen molar-refractivity contribution in [3.63, 3.8) is 0 Å². The summed E-state index contributed by atoms with van der Waals surface area (Å²) in [5.41, 5.74) is 0. The Bertz CT molecular complexity index is 259. The van der Waals surface area contributed by atoms with Crippen LogP contribution in [0.2, 0.25) is 0 Å². The minimum absolute atomic E-state index is 0.0427. The third kappa shape index (κ3) is 4.73. The lowest BCUT2D eigenvalue weighted by atomic mass is 9.92. The molecule has 17 heavy (non-hydrogen) atoms. The number of carbonyl (C=O) groups excluding carboxylic acids is 2. The van der Waals surface area contributed by atoms with Crippen LogP contribution in [-0.4, -0.2) is 38.2 Å². The molecule has 1 N–H and O–H groups in total. The van der Waals surface area contributed by atoms with Crippen molar-refractivity contribution in [1.29, 1.82) is 0 Å². The molecule has 1 rings (SSSR count). The summed E-state index contributed by atoms with van der Waals surface area (Å²) in [7, 11) is 1.41. The Morgan fingerprint density at radius 1 is 1.35 bits per heavy atom. The molecule has 1 saturated heterocycles. The zero-order valence-corrected chi connectivity index (χ0v) is 10.5. The molecule has 1 fully saturated rings. The first-order valence-electron chi connectivity index (χ1n) is 6.14. The average Bonchev–Trinajstić information content (AvgIpc) is 2.36. The number of hydrogen-bond acceptors (Lipinski definition) is 5. The molecule has 1 aliphatic heterocycles. The van der Waals surface area contributed by atoms with Gasteiger partial charge in [0.25, 0.3) is 0 Å². The first kappa shape index (κ1) is 14.0. The van der Waals surface area contributed by atoms with Crippen LogP contribution in [0.1, 0.15) is 32.6 Å². The maximum atomic E-state index is 11.3. The highest BCUT2D eigenvalue weighted by molar-refractivity contribution is 5.72. The Morgan fingerprint density at radius 3 is 2.65 bits per heavy atom. The summed E-state index contributed by atoms with van der Waals surface area (Å²) in [6, 6.07) is 0.306. The second kappa shape index (κ2) is 7.27. The lowest BCUT2D eigenvalue weighted by molar-refractivity contribution is -0.147. The van der Waals surface area contributed by atoms with E-state index in [0.717, 1.165) is 19.3 Å². The highest BCUT2D eigenvalue weighted by Gasteiger charge is 2.26. The summed E-state index contributed by atoms with van der Waals surface area (Å²) >= 11 is 0. The van der Waals surface area contributed by atoms with Crippen LogP contribution in [0.5, 0.6) is 0 Å². The van der Waals surface area contributed by atoms with Gasteiger partial charge in [-0.1, -0.05) is 0 Å². The summed E-state index contributed by atoms with van der Waals surface area (Å²) < 4.78 is 9.57. The normalized spacial score (nSPS) is 24.1. The molecule has 0 saturated carbocycles. The van der Waals surface area contributed by atoms with E-state index in [0.29, 0.717) is 25.6 Å². The van der Waals surface area contributed by atoms with Gasteiger partial charge in [-0.15, -0.1) is 0 Å². The molecule has 0 aliphatic carbocycles. The van der Waals surface area contributed by atoms with Gasteiger partial charge in [0.05, 0.1) is 19.6 Å². The van der Waals surface area contributed by atoms with E-state index in [1.54, 1.807) is 6.92 Å². The maximum absolute atomic E-state index is 11.3. The van der Waals surface area contributed by atoms with Gasteiger partial charge < -0.3 is 14.8 Å². The number of hydrogen-bond donors (Lipinski definition) is 1. The van der Waals surface area contributed by atoms with E-state index in [2.05, 4.69) is 5.32 Å². The first-order chi connectivity index (χ1) is 8.17. The molecule has 0 aromatic carbocycles. The van der Waals surface area contributed by atoms with E-state index < -0.39 is 0 Å². The number of methoxy groups -OCH3 is 1. The Morgan fingerprint density at radius 2 is 2.12 bits per heavy atom. The van der Waals surface area contributed by atoms with Gasteiger partial charge in [0.15, 0.2) is 0 Å². The first-order valence-corrected chi connectivity index (χ1v) is 6.14. The van der Waals surface area contributed by atoms with Gasteiger partial charge in [-0.25, -0.2) is 0 Å². The highest BCUT2D eigenvalue weighted by Crippen LogP contribution is 2.18. The lowest BCUT2D eigenvalue weighted by Crippen LogP contribution is -2.42. The number of carbonyl (C=O) groups is 2. The van der Waals surface area contributed by atoms with Gasteiger partial charge in [-0.3, -0.25) is 9.59 Å².